The molecule has 0 atom stereocenters. The molecular formula is C13H21N3O2. The van der Waals surface area contributed by atoms with Crippen molar-refractivity contribution in [1.82, 2.24) is 4.98 Å². The molecule has 5 heteroatoms. The number of ether oxygens (including phenoxy) is 2. The number of pyridine rings is 1. The van der Waals surface area contributed by atoms with Gasteiger partial charge in [-0.15, -0.1) is 0 Å². The van der Waals surface area contributed by atoms with Crippen LogP contribution in [0.2, 0.25) is 0 Å². The number of nitrogens with two attached hydrogens (primary N) is 1. The molecule has 18 heavy (non-hydrogen) atoms. The highest BCUT2D eigenvalue weighted by atomic mass is 16.7. The Morgan fingerprint density at radius 1 is 1.39 bits per heavy atom. The second-order valence-corrected chi connectivity index (χ2v) is 4.46. The van der Waals surface area contributed by atoms with Crippen molar-refractivity contribution < 1.29 is 9.47 Å². The third kappa shape index (κ3) is 3.58. The van der Waals surface area contributed by atoms with E-state index >= 15 is 0 Å². The van der Waals surface area contributed by atoms with Gasteiger partial charge < -0.3 is 20.1 Å². The van der Waals surface area contributed by atoms with E-state index in [2.05, 4.69) is 9.88 Å². The maximum atomic E-state index is 5.90. The fourth-order valence-corrected chi connectivity index (χ4v) is 2.01. The average molecular weight is 251 g/mol. The molecule has 1 aromatic heterocycles. The van der Waals surface area contributed by atoms with Crippen LogP contribution in [0.1, 0.15) is 19.8 Å². The van der Waals surface area contributed by atoms with Crippen molar-refractivity contribution in [2.75, 3.05) is 31.4 Å². The molecule has 0 radical (unpaired) electrons. The number of nitrogens with zero attached hydrogens (tertiary/aromatic N) is 2. The van der Waals surface area contributed by atoms with Gasteiger partial charge in [-0.05, 0) is 19.8 Å². The molecule has 0 aromatic carbocycles. The summed E-state index contributed by atoms with van der Waals surface area (Å²) >= 11 is 0. The van der Waals surface area contributed by atoms with Gasteiger partial charge in [0.2, 0.25) is 0 Å². The van der Waals surface area contributed by atoms with Gasteiger partial charge in [0.15, 0.2) is 6.79 Å². The molecule has 2 heterocycles. The van der Waals surface area contributed by atoms with Crippen LogP contribution in [-0.2, 0) is 4.74 Å². The van der Waals surface area contributed by atoms with Crippen LogP contribution in [0.15, 0.2) is 18.5 Å². The van der Waals surface area contributed by atoms with Gasteiger partial charge >= 0.3 is 0 Å². The Labute approximate surface area is 108 Å². The van der Waals surface area contributed by atoms with Gasteiger partial charge in [0, 0.05) is 31.8 Å². The number of aromatic nitrogens is 1. The van der Waals surface area contributed by atoms with Crippen LogP contribution >= 0.6 is 0 Å². The topological polar surface area (TPSA) is 60.6 Å². The molecule has 1 saturated heterocycles. The summed E-state index contributed by atoms with van der Waals surface area (Å²) in [6.07, 6.45) is 5.64. The van der Waals surface area contributed by atoms with Gasteiger partial charge in [0.1, 0.15) is 5.75 Å². The van der Waals surface area contributed by atoms with E-state index in [9.17, 15) is 0 Å². The summed E-state index contributed by atoms with van der Waals surface area (Å²) in [6, 6.07) is 2.34. The molecular weight excluding hydrogens is 230 g/mol. The van der Waals surface area contributed by atoms with Gasteiger partial charge in [-0.3, -0.25) is 4.98 Å². The normalized spacial score (nSPS) is 16.9. The largest absolute Gasteiger partial charge is 0.466 e. The molecule has 0 spiro atoms. The van der Waals surface area contributed by atoms with Crippen molar-refractivity contribution in [2.24, 2.45) is 5.73 Å². The zero-order valence-corrected chi connectivity index (χ0v) is 10.8. The van der Waals surface area contributed by atoms with E-state index in [0.717, 1.165) is 37.4 Å². The molecule has 100 valence electrons. The minimum absolute atomic E-state index is 0.270. The maximum Gasteiger partial charge on any atom is 0.189 e. The van der Waals surface area contributed by atoms with E-state index in [-0.39, 0.29) is 6.79 Å². The lowest BCUT2D eigenvalue weighted by molar-refractivity contribution is 0.0222. The number of hydrogen-bond donors (Lipinski definition) is 1. The Balaban J connectivity index is 1.94. The van der Waals surface area contributed by atoms with E-state index in [0.29, 0.717) is 12.6 Å². The molecule has 1 aliphatic rings. The standard InChI is InChI=1S/C13H21N3O2/c1-2-17-10-18-13-7-12(8-15-9-13)16-5-3-11(14)4-6-16/h7-9,11H,2-6,10,14H2,1H3. The first-order valence-electron chi connectivity index (χ1n) is 6.45. The summed E-state index contributed by atoms with van der Waals surface area (Å²) in [7, 11) is 0. The average Bonchev–Trinajstić information content (AvgIpc) is 2.40. The molecule has 2 rings (SSSR count). The van der Waals surface area contributed by atoms with Crippen LogP contribution < -0.4 is 15.4 Å². The van der Waals surface area contributed by atoms with Crippen molar-refractivity contribution in [3.05, 3.63) is 18.5 Å². The van der Waals surface area contributed by atoms with Gasteiger partial charge in [0.05, 0.1) is 18.1 Å². The summed E-state index contributed by atoms with van der Waals surface area (Å²) in [5.74, 6) is 0.746. The number of piperidine rings is 1. The monoisotopic (exact) mass is 251 g/mol. The minimum Gasteiger partial charge on any atom is -0.466 e. The summed E-state index contributed by atoms with van der Waals surface area (Å²) in [6.45, 7) is 4.83. The Bertz CT molecular complexity index is 365. The highest BCUT2D eigenvalue weighted by molar-refractivity contribution is 5.48. The maximum absolute atomic E-state index is 5.90. The smallest absolute Gasteiger partial charge is 0.189 e. The van der Waals surface area contributed by atoms with Crippen molar-refractivity contribution in [3.63, 3.8) is 0 Å². The molecule has 5 nitrogen and oxygen atoms in total. The lowest BCUT2D eigenvalue weighted by Crippen LogP contribution is -2.39. The summed E-state index contributed by atoms with van der Waals surface area (Å²) in [5.41, 5.74) is 7.00. The third-order valence-electron chi connectivity index (χ3n) is 3.12. The molecule has 0 unspecified atom stereocenters. The number of anilines is 1. The number of hydrogen-bond acceptors (Lipinski definition) is 5. The van der Waals surface area contributed by atoms with Gasteiger partial charge in [0.25, 0.3) is 0 Å². The van der Waals surface area contributed by atoms with Crippen LogP contribution in [0.5, 0.6) is 5.75 Å². The van der Waals surface area contributed by atoms with Gasteiger partial charge in [-0.2, -0.15) is 0 Å². The van der Waals surface area contributed by atoms with Gasteiger partial charge in [-0.25, -0.2) is 0 Å². The highest BCUT2D eigenvalue weighted by Gasteiger charge is 2.16. The predicted octanol–water partition coefficient (Wildman–Crippen LogP) is 1.38. The fraction of sp³-hybridized carbons (Fsp3) is 0.615. The number of rotatable bonds is 5. The lowest BCUT2D eigenvalue weighted by Gasteiger charge is -2.31. The van der Waals surface area contributed by atoms with Crippen LogP contribution in [0.4, 0.5) is 5.69 Å². The van der Waals surface area contributed by atoms with E-state index in [1.165, 1.54) is 0 Å². The van der Waals surface area contributed by atoms with Crippen molar-refractivity contribution in [1.29, 1.82) is 0 Å². The first kappa shape index (κ1) is 13.1. The summed E-state index contributed by atoms with van der Waals surface area (Å²) < 4.78 is 10.6. The van der Waals surface area contributed by atoms with Crippen molar-refractivity contribution in [3.8, 4) is 5.75 Å². The van der Waals surface area contributed by atoms with Crippen molar-refractivity contribution >= 4 is 5.69 Å². The lowest BCUT2D eigenvalue weighted by atomic mass is 10.1. The SMILES string of the molecule is CCOCOc1cncc(N2CCC(N)CC2)c1. The van der Waals surface area contributed by atoms with E-state index < -0.39 is 0 Å². The van der Waals surface area contributed by atoms with E-state index in [1.807, 2.05) is 19.2 Å². The van der Waals surface area contributed by atoms with Gasteiger partial charge in [-0.1, -0.05) is 0 Å². The Kier molecular flexibility index (Phi) is 4.78. The Morgan fingerprint density at radius 2 is 2.17 bits per heavy atom. The second kappa shape index (κ2) is 6.56. The predicted molar refractivity (Wildman–Crippen MR) is 70.8 cm³/mol. The van der Waals surface area contributed by atoms with Crippen LogP contribution in [0, 0.1) is 0 Å². The third-order valence-corrected chi connectivity index (χ3v) is 3.12. The first-order chi connectivity index (χ1) is 8.79. The quantitative estimate of drug-likeness (QED) is 0.633. The summed E-state index contributed by atoms with van der Waals surface area (Å²) in [4.78, 5) is 6.50. The molecule has 2 N–H and O–H groups in total. The van der Waals surface area contributed by atoms with Crippen LogP contribution in [-0.4, -0.2) is 37.5 Å². The molecule has 1 aliphatic heterocycles. The zero-order valence-electron chi connectivity index (χ0n) is 10.8. The zero-order chi connectivity index (χ0) is 12.8. The molecule has 0 bridgehead atoms. The highest BCUT2D eigenvalue weighted by Crippen LogP contribution is 2.22. The second-order valence-electron chi connectivity index (χ2n) is 4.46. The summed E-state index contributed by atoms with van der Waals surface area (Å²) in [5, 5.41) is 0. The van der Waals surface area contributed by atoms with Crippen LogP contribution in [0.3, 0.4) is 0 Å². The van der Waals surface area contributed by atoms with Crippen molar-refractivity contribution in [2.45, 2.75) is 25.8 Å². The Hall–Kier alpha value is -1.33. The molecule has 0 amide bonds. The van der Waals surface area contributed by atoms with E-state index in [1.54, 1.807) is 6.20 Å². The molecule has 1 fully saturated rings. The fourth-order valence-electron chi connectivity index (χ4n) is 2.01. The van der Waals surface area contributed by atoms with Crippen LogP contribution in [0.25, 0.3) is 0 Å². The van der Waals surface area contributed by atoms with E-state index in [4.69, 9.17) is 15.2 Å². The molecule has 0 aliphatic carbocycles. The minimum atomic E-state index is 0.270. The Morgan fingerprint density at radius 3 is 2.89 bits per heavy atom. The molecule has 1 aromatic rings. The first-order valence-corrected chi connectivity index (χ1v) is 6.45. The molecule has 0 saturated carbocycles.